The fourth-order valence-corrected chi connectivity index (χ4v) is 2.55. The van der Waals surface area contributed by atoms with Gasteiger partial charge in [0.25, 0.3) is 0 Å². The molecular formula is C15H29NO4Si. The number of ether oxygens (including phenoxy) is 1. The number of esters is 1. The van der Waals surface area contributed by atoms with Gasteiger partial charge in [0.15, 0.2) is 5.70 Å². The van der Waals surface area contributed by atoms with Gasteiger partial charge < -0.3 is 14.5 Å². The molecule has 0 atom stereocenters. The SMILES string of the molecule is CCC/C(O[Si](C)(C)C(C)(C)C)=C(/NC(C)=O)C(=O)OC. The van der Waals surface area contributed by atoms with Gasteiger partial charge in [-0.1, -0.05) is 27.7 Å². The predicted molar refractivity (Wildman–Crippen MR) is 86.0 cm³/mol. The van der Waals surface area contributed by atoms with Crippen LogP contribution in [-0.2, 0) is 18.8 Å². The zero-order valence-corrected chi connectivity index (χ0v) is 15.5. The first-order valence-corrected chi connectivity index (χ1v) is 10.1. The Balaban J connectivity index is 5.72. The van der Waals surface area contributed by atoms with Crippen LogP contribution in [0.1, 0.15) is 47.5 Å². The molecule has 1 N–H and O–H groups in total. The number of nitrogens with one attached hydrogen (secondary N) is 1. The summed E-state index contributed by atoms with van der Waals surface area (Å²) in [5.74, 6) is -0.374. The van der Waals surface area contributed by atoms with Crippen LogP contribution in [0.2, 0.25) is 18.1 Å². The van der Waals surface area contributed by atoms with Gasteiger partial charge in [-0.25, -0.2) is 4.79 Å². The van der Waals surface area contributed by atoms with Crippen LogP contribution in [0, 0.1) is 0 Å². The molecule has 6 heteroatoms. The number of carbonyl (C=O) groups is 2. The molecule has 0 aliphatic carbocycles. The Morgan fingerprint density at radius 2 is 1.71 bits per heavy atom. The molecule has 0 saturated heterocycles. The van der Waals surface area contributed by atoms with Crippen molar-refractivity contribution in [3.63, 3.8) is 0 Å². The Morgan fingerprint density at radius 3 is 2.05 bits per heavy atom. The van der Waals surface area contributed by atoms with Crippen molar-refractivity contribution in [1.29, 1.82) is 0 Å². The first kappa shape index (κ1) is 19.7. The van der Waals surface area contributed by atoms with Crippen LogP contribution >= 0.6 is 0 Å². The molecule has 0 aliphatic rings. The second-order valence-electron chi connectivity index (χ2n) is 6.58. The maximum atomic E-state index is 11.9. The second kappa shape index (κ2) is 7.63. The fraction of sp³-hybridized carbons (Fsp3) is 0.733. The van der Waals surface area contributed by atoms with E-state index in [1.165, 1.54) is 14.0 Å². The molecule has 0 unspecified atom stereocenters. The van der Waals surface area contributed by atoms with Crippen LogP contribution in [0.25, 0.3) is 0 Å². The average molecular weight is 315 g/mol. The van der Waals surface area contributed by atoms with Crippen molar-refractivity contribution in [3.8, 4) is 0 Å². The van der Waals surface area contributed by atoms with Gasteiger partial charge in [0.2, 0.25) is 14.2 Å². The molecule has 0 aromatic heterocycles. The summed E-state index contributed by atoms with van der Waals surface area (Å²) in [7, 11) is -0.803. The molecule has 122 valence electrons. The molecule has 0 saturated carbocycles. The van der Waals surface area contributed by atoms with Crippen LogP contribution in [0.4, 0.5) is 0 Å². The number of carbonyl (C=O) groups excluding carboxylic acids is 2. The first-order valence-electron chi connectivity index (χ1n) is 7.24. The van der Waals surface area contributed by atoms with Crippen LogP contribution in [0.3, 0.4) is 0 Å². The summed E-state index contributed by atoms with van der Waals surface area (Å²) >= 11 is 0. The van der Waals surface area contributed by atoms with Crippen molar-refractivity contribution in [3.05, 3.63) is 11.5 Å². The van der Waals surface area contributed by atoms with Gasteiger partial charge in [0, 0.05) is 13.3 Å². The van der Waals surface area contributed by atoms with Gasteiger partial charge >= 0.3 is 5.97 Å². The van der Waals surface area contributed by atoms with E-state index in [-0.39, 0.29) is 16.6 Å². The van der Waals surface area contributed by atoms with Crippen LogP contribution in [0.5, 0.6) is 0 Å². The highest BCUT2D eigenvalue weighted by Crippen LogP contribution is 2.38. The lowest BCUT2D eigenvalue weighted by Crippen LogP contribution is -2.41. The third kappa shape index (κ3) is 5.91. The minimum Gasteiger partial charge on any atom is -0.545 e. The molecule has 0 heterocycles. The quantitative estimate of drug-likeness (QED) is 0.353. The van der Waals surface area contributed by atoms with E-state index in [2.05, 4.69) is 39.2 Å². The Labute approximate surface area is 129 Å². The molecule has 0 spiro atoms. The van der Waals surface area contributed by atoms with E-state index in [9.17, 15) is 9.59 Å². The summed E-state index contributed by atoms with van der Waals surface area (Å²) < 4.78 is 11.0. The normalized spacial score (nSPS) is 13.3. The van der Waals surface area contributed by atoms with Crippen molar-refractivity contribution in [1.82, 2.24) is 5.32 Å². The number of methoxy groups -OCH3 is 1. The van der Waals surface area contributed by atoms with E-state index in [0.717, 1.165) is 6.42 Å². The van der Waals surface area contributed by atoms with Gasteiger partial charge in [-0.2, -0.15) is 0 Å². The largest absolute Gasteiger partial charge is 0.545 e. The van der Waals surface area contributed by atoms with E-state index < -0.39 is 14.3 Å². The Morgan fingerprint density at radius 1 is 1.19 bits per heavy atom. The van der Waals surface area contributed by atoms with Crippen molar-refractivity contribution in [2.75, 3.05) is 7.11 Å². The topological polar surface area (TPSA) is 64.6 Å². The van der Waals surface area contributed by atoms with Gasteiger partial charge in [-0.3, -0.25) is 4.79 Å². The monoisotopic (exact) mass is 315 g/mol. The highest BCUT2D eigenvalue weighted by molar-refractivity contribution is 6.74. The van der Waals surface area contributed by atoms with Crippen molar-refractivity contribution in [2.24, 2.45) is 0 Å². The Bertz CT molecular complexity index is 422. The third-order valence-electron chi connectivity index (χ3n) is 3.63. The fourth-order valence-electron chi connectivity index (χ4n) is 1.43. The molecule has 0 bridgehead atoms. The number of hydrogen-bond acceptors (Lipinski definition) is 4. The van der Waals surface area contributed by atoms with Gasteiger partial charge in [0.05, 0.1) is 7.11 Å². The van der Waals surface area contributed by atoms with Crippen molar-refractivity contribution >= 4 is 20.2 Å². The maximum Gasteiger partial charge on any atom is 0.358 e. The summed E-state index contributed by atoms with van der Waals surface area (Å²) in [6.45, 7) is 13.9. The van der Waals surface area contributed by atoms with E-state index >= 15 is 0 Å². The second-order valence-corrected chi connectivity index (χ2v) is 11.3. The molecule has 5 nitrogen and oxygen atoms in total. The summed E-state index contributed by atoms with van der Waals surface area (Å²) in [6, 6.07) is 0. The Hall–Kier alpha value is -1.30. The number of hydrogen-bond donors (Lipinski definition) is 1. The lowest BCUT2D eigenvalue weighted by molar-refractivity contribution is -0.138. The molecule has 1 amide bonds. The molecule has 21 heavy (non-hydrogen) atoms. The van der Waals surface area contributed by atoms with Crippen LogP contribution in [-0.4, -0.2) is 27.3 Å². The van der Waals surface area contributed by atoms with Gasteiger partial charge in [-0.15, -0.1) is 0 Å². The summed E-state index contributed by atoms with van der Waals surface area (Å²) in [5.41, 5.74) is 0.122. The molecule has 0 rings (SSSR count). The summed E-state index contributed by atoms with van der Waals surface area (Å²) in [6.07, 6.45) is 1.39. The number of rotatable bonds is 6. The number of allylic oxidation sites excluding steroid dienone is 1. The zero-order chi connectivity index (χ0) is 16.8. The van der Waals surface area contributed by atoms with E-state index in [1.54, 1.807) is 0 Å². The lowest BCUT2D eigenvalue weighted by atomic mass is 10.2. The minimum atomic E-state index is -2.09. The van der Waals surface area contributed by atoms with E-state index in [4.69, 9.17) is 9.16 Å². The molecule has 0 aliphatic heterocycles. The van der Waals surface area contributed by atoms with Crippen molar-refractivity contribution < 1.29 is 18.8 Å². The molecule has 0 aromatic rings. The molecule has 0 fully saturated rings. The van der Waals surface area contributed by atoms with Gasteiger partial charge in [0.1, 0.15) is 5.76 Å². The maximum absolute atomic E-state index is 11.9. The minimum absolute atomic E-state index is 0.00342. The predicted octanol–water partition coefficient (Wildman–Crippen LogP) is 3.33. The van der Waals surface area contributed by atoms with Gasteiger partial charge in [-0.05, 0) is 24.6 Å². The Kier molecular flexibility index (Phi) is 7.16. The number of amides is 1. The standard InChI is InChI=1S/C15H29NO4Si/c1-9-10-12(20-21(7,8)15(3,4)5)13(14(18)19-6)16-11(2)17/h9-10H2,1-8H3,(H,16,17)/b13-12-. The van der Waals surface area contributed by atoms with Crippen LogP contribution in [0.15, 0.2) is 11.5 Å². The lowest BCUT2D eigenvalue weighted by Gasteiger charge is -2.37. The zero-order valence-electron chi connectivity index (χ0n) is 14.5. The van der Waals surface area contributed by atoms with Crippen LogP contribution < -0.4 is 5.32 Å². The summed E-state index contributed by atoms with van der Waals surface area (Å²) in [5, 5.41) is 2.56. The smallest absolute Gasteiger partial charge is 0.358 e. The van der Waals surface area contributed by atoms with Crippen molar-refractivity contribution in [2.45, 2.75) is 65.6 Å². The summed E-state index contributed by atoms with van der Waals surface area (Å²) in [4.78, 5) is 23.3. The van der Waals surface area contributed by atoms with E-state index in [1.807, 2.05) is 6.92 Å². The molecular weight excluding hydrogens is 286 g/mol. The first-order chi connectivity index (χ1) is 9.46. The highest BCUT2D eigenvalue weighted by Gasteiger charge is 2.40. The third-order valence-corrected chi connectivity index (χ3v) is 8.00. The average Bonchev–Trinajstić information content (AvgIpc) is 2.32. The van der Waals surface area contributed by atoms with E-state index in [0.29, 0.717) is 12.2 Å². The molecule has 0 aromatic carbocycles. The molecule has 0 radical (unpaired) electrons. The highest BCUT2D eigenvalue weighted by atomic mass is 28.4.